The van der Waals surface area contributed by atoms with E-state index in [1.54, 1.807) is 22.2 Å². The van der Waals surface area contributed by atoms with Crippen LogP contribution in [0.25, 0.3) is 22.0 Å². The van der Waals surface area contributed by atoms with Gasteiger partial charge in [-0.25, -0.2) is 19.6 Å². The number of methoxy groups -OCH3 is 1. The molecule has 0 saturated carbocycles. The highest BCUT2D eigenvalue weighted by atomic mass is 16.5. The van der Waals surface area contributed by atoms with Gasteiger partial charge in [0.2, 0.25) is 11.8 Å². The molecule has 14 nitrogen and oxygen atoms in total. The summed E-state index contributed by atoms with van der Waals surface area (Å²) in [5, 5.41) is 16.4. The molecule has 4 unspecified atom stereocenters. The number of ether oxygens (including phenoxy) is 1. The minimum atomic E-state index is -1.22. The van der Waals surface area contributed by atoms with Crippen molar-refractivity contribution in [3.63, 3.8) is 0 Å². The van der Waals surface area contributed by atoms with Gasteiger partial charge in [0, 0.05) is 24.2 Å². The fourth-order valence-electron chi connectivity index (χ4n) is 7.19. The van der Waals surface area contributed by atoms with Gasteiger partial charge in [-0.15, -0.1) is 0 Å². The second-order valence-corrected chi connectivity index (χ2v) is 14.3. The average molecular weight is 723 g/mol. The van der Waals surface area contributed by atoms with Crippen LogP contribution in [0.3, 0.4) is 0 Å². The molecule has 2 aliphatic rings. The zero-order valence-corrected chi connectivity index (χ0v) is 30.6. The zero-order valence-electron chi connectivity index (χ0n) is 30.6. The number of hydrogen-bond donors (Lipinski definition) is 5. The Morgan fingerprint density at radius 3 is 2.02 bits per heavy atom. The van der Waals surface area contributed by atoms with Gasteiger partial charge in [-0.1, -0.05) is 51.8 Å². The molecule has 278 valence electrons. The highest BCUT2D eigenvalue weighted by Crippen LogP contribution is 2.34. The van der Waals surface area contributed by atoms with Crippen LogP contribution in [0.4, 0.5) is 9.59 Å². The van der Waals surface area contributed by atoms with Gasteiger partial charge < -0.3 is 40.2 Å². The number of alkyl carbamates (subject to hydrolysis) is 1. The van der Waals surface area contributed by atoms with Gasteiger partial charge in [-0.05, 0) is 72.4 Å². The van der Waals surface area contributed by atoms with Crippen molar-refractivity contribution in [2.24, 2.45) is 11.8 Å². The summed E-state index contributed by atoms with van der Waals surface area (Å²) < 4.78 is 4.73. The Morgan fingerprint density at radius 1 is 0.811 bits per heavy atom. The highest BCUT2D eigenvalue weighted by Gasteiger charge is 2.38. The largest absolute Gasteiger partial charge is 0.465 e. The smallest absolute Gasteiger partial charge is 0.407 e. The second kappa shape index (κ2) is 15.8. The first-order chi connectivity index (χ1) is 25.4. The van der Waals surface area contributed by atoms with Crippen LogP contribution >= 0.6 is 0 Å². The summed E-state index contributed by atoms with van der Waals surface area (Å²) >= 11 is 0. The number of aromatic nitrogens is 4. The van der Waals surface area contributed by atoms with E-state index < -0.39 is 24.3 Å². The third kappa shape index (κ3) is 8.14. The van der Waals surface area contributed by atoms with E-state index >= 15 is 0 Å². The standard InChI is InChI=1S/C39H46N8O6/c1-22(2)32(44-38(50)51)36(48)47-17-7-9-31(47)35-41-21-29(43-35)27-14-13-25-18-24(10-12-26(25)19-27)11-15-28-20-40-34(42-28)30-8-6-16-46(30)37(49)33(23(3)4)45-39(52)53-5/h10,12-14,18-23,30-33,44H,6-9,16-17H2,1-5H3,(H,40,42)(H,41,43)(H,45,52)(H,50,51). The normalized spacial score (nSPS) is 18.2. The number of carboxylic acid groups (broad SMARTS) is 1. The summed E-state index contributed by atoms with van der Waals surface area (Å²) in [7, 11) is 1.28. The molecule has 14 heteroatoms. The lowest BCUT2D eigenvalue weighted by Crippen LogP contribution is -2.51. The monoisotopic (exact) mass is 722 g/mol. The average Bonchev–Trinajstić information content (AvgIpc) is 3.97. The zero-order chi connectivity index (χ0) is 37.8. The van der Waals surface area contributed by atoms with Crippen LogP contribution in [-0.4, -0.2) is 91.1 Å². The summed E-state index contributed by atoms with van der Waals surface area (Å²) in [4.78, 5) is 69.5. The first-order valence-electron chi connectivity index (χ1n) is 18.0. The maximum absolute atomic E-state index is 13.5. The topological polar surface area (TPSA) is 186 Å². The van der Waals surface area contributed by atoms with E-state index in [4.69, 9.17) is 4.74 Å². The highest BCUT2D eigenvalue weighted by molar-refractivity contribution is 5.89. The number of hydrogen-bond acceptors (Lipinski definition) is 7. The molecule has 0 spiro atoms. The number of carbonyl (C=O) groups excluding carboxylic acids is 3. The molecule has 2 saturated heterocycles. The van der Waals surface area contributed by atoms with Crippen LogP contribution in [0.15, 0.2) is 48.8 Å². The predicted octanol–water partition coefficient (Wildman–Crippen LogP) is 5.35. The summed E-state index contributed by atoms with van der Waals surface area (Å²) in [5.74, 6) is 7.03. The number of nitrogens with zero attached hydrogens (tertiary/aromatic N) is 4. The molecule has 4 heterocycles. The lowest BCUT2D eigenvalue weighted by atomic mass is 10.0. The SMILES string of the molecule is COC(=O)NC(C(=O)N1CCCC1c1ncc(C#Cc2ccc3cc(-c4cnc(C5CCCN5C(=O)C(NC(=O)O)C(C)C)[nH]4)ccc3c2)[nH]1)C(C)C. The molecule has 2 aliphatic heterocycles. The number of amides is 4. The van der Waals surface area contributed by atoms with E-state index in [-0.39, 0.29) is 35.7 Å². The third-order valence-corrected chi connectivity index (χ3v) is 9.99. The van der Waals surface area contributed by atoms with Crippen LogP contribution in [0, 0.1) is 23.7 Å². The van der Waals surface area contributed by atoms with Crippen LogP contribution in [-0.2, 0) is 14.3 Å². The first-order valence-corrected chi connectivity index (χ1v) is 18.0. The third-order valence-electron chi connectivity index (χ3n) is 9.99. The molecule has 4 amide bonds. The Bertz CT molecular complexity index is 2060. The minimum absolute atomic E-state index is 0.116. The van der Waals surface area contributed by atoms with Crippen molar-refractivity contribution in [2.75, 3.05) is 20.2 Å². The molecule has 2 fully saturated rings. The molecule has 6 rings (SSSR count). The number of carbonyl (C=O) groups is 4. The molecule has 4 atom stereocenters. The van der Waals surface area contributed by atoms with Crippen molar-refractivity contribution < 1.29 is 29.0 Å². The predicted molar refractivity (Wildman–Crippen MR) is 197 cm³/mol. The molecule has 4 aromatic rings. The molecular weight excluding hydrogens is 676 g/mol. The fraction of sp³-hybridized carbons (Fsp3) is 0.436. The van der Waals surface area contributed by atoms with Gasteiger partial charge in [0.1, 0.15) is 29.4 Å². The minimum Gasteiger partial charge on any atom is -0.465 e. The molecule has 0 radical (unpaired) electrons. The Labute approximate surface area is 308 Å². The Balaban J connectivity index is 1.13. The summed E-state index contributed by atoms with van der Waals surface area (Å²) in [6.45, 7) is 8.54. The van der Waals surface area contributed by atoms with Crippen LogP contribution in [0.2, 0.25) is 0 Å². The van der Waals surface area contributed by atoms with Gasteiger partial charge >= 0.3 is 12.2 Å². The quantitative estimate of drug-likeness (QED) is 0.143. The van der Waals surface area contributed by atoms with E-state index in [0.717, 1.165) is 53.3 Å². The van der Waals surface area contributed by atoms with Crippen molar-refractivity contribution in [1.82, 2.24) is 40.4 Å². The molecular formula is C39H46N8O6. The summed E-state index contributed by atoms with van der Waals surface area (Å²) in [5.41, 5.74) is 3.24. The van der Waals surface area contributed by atoms with Gasteiger partial charge in [0.05, 0.1) is 37.3 Å². The number of fused-ring (bicyclic) bond motifs is 1. The maximum Gasteiger partial charge on any atom is 0.407 e. The second-order valence-electron chi connectivity index (χ2n) is 14.3. The van der Waals surface area contributed by atoms with E-state index in [1.165, 1.54) is 7.11 Å². The molecule has 0 aliphatic carbocycles. The molecule has 53 heavy (non-hydrogen) atoms. The summed E-state index contributed by atoms with van der Waals surface area (Å²) in [6, 6.07) is 10.1. The van der Waals surface area contributed by atoms with Crippen molar-refractivity contribution in [1.29, 1.82) is 0 Å². The number of imidazole rings is 2. The van der Waals surface area contributed by atoms with Crippen LogP contribution in [0.5, 0.6) is 0 Å². The van der Waals surface area contributed by atoms with E-state index in [1.807, 2.05) is 58.0 Å². The Morgan fingerprint density at radius 2 is 1.40 bits per heavy atom. The van der Waals surface area contributed by atoms with Gasteiger partial charge in [0.25, 0.3) is 0 Å². The number of nitrogens with one attached hydrogen (secondary N) is 4. The van der Waals surface area contributed by atoms with Crippen molar-refractivity contribution >= 4 is 34.8 Å². The van der Waals surface area contributed by atoms with Crippen molar-refractivity contribution in [3.05, 3.63) is 71.7 Å². The Kier molecular flexibility index (Phi) is 11.0. The summed E-state index contributed by atoms with van der Waals surface area (Å²) in [6.07, 6.45) is 4.73. The number of likely N-dealkylation sites (tertiary alicyclic amines) is 2. The van der Waals surface area contributed by atoms with E-state index in [0.29, 0.717) is 30.4 Å². The maximum atomic E-state index is 13.5. The molecule has 2 aromatic carbocycles. The van der Waals surface area contributed by atoms with Gasteiger partial charge in [-0.3, -0.25) is 9.59 Å². The molecule has 5 N–H and O–H groups in total. The molecule has 0 bridgehead atoms. The molecule has 2 aromatic heterocycles. The number of aromatic amines is 2. The van der Waals surface area contributed by atoms with E-state index in [2.05, 4.69) is 48.5 Å². The number of benzene rings is 2. The van der Waals surface area contributed by atoms with Crippen LogP contribution in [0.1, 0.15) is 88.4 Å². The van der Waals surface area contributed by atoms with Crippen molar-refractivity contribution in [2.45, 2.75) is 77.5 Å². The first kappa shape index (κ1) is 36.9. The van der Waals surface area contributed by atoms with Crippen molar-refractivity contribution in [3.8, 4) is 23.1 Å². The lowest BCUT2D eigenvalue weighted by Gasteiger charge is -2.29. The van der Waals surface area contributed by atoms with Crippen LogP contribution < -0.4 is 10.6 Å². The number of H-pyrrole nitrogens is 2. The number of rotatable bonds is 9. The van der Waals surface area contributed by atoms with Gasteiger partial charge in [-0.2, -0.15) is 0 Å². The lowest BCUT2D eigenvalue weighted by molar-refractivity contribution is -0.136. The Hall–Kier alpha value is -5.84. The van der Waals surface area contributed by atoms with E-state index in [9.17, 15) is 24.3 Å². The fourth-order valence-corrected chi connectivity index (χ4v) is 7.19. The van der Waals surface area contributed by atoms with Gasteiger partial charge in [0.15, 0.2) is 0 Å².